The lowest BCUT2D eigenvalue weighted by Gasteiger charge is -2.16. The lowest BCUT2D eigenvalue weighted by Crippen LogP contribution is -2.12. The molecule has 6 heteroatoms. The summed E-state index contributed by atoms with van der Waals surface area (Å²) >= 11 is -0.0908. The minimum Gasteiger partial charge on any atom is -0.324 e. The highest BCUT2D eigenvalue weighted by Gasteiger charge is 2.30. The minimum absolute atomic E-state index is 0. The standard InChI is InChI=1S/C12H16F3NS.ClH/c1-2-3-7-10(16)9-6-4-5-8-11(9)17-12(13,14)15;/h4-6,8,10H,2-3,7,16H2,1H3;1H/t10-;/m0./s1. The van der Waals surface area contributed by atoms with Crippen LogP contribution in [0.3, 0.4) is 0 Å². The van der Waals surface area contributed by atoms with Crippen LogP contribution in [0.25, 0.3) is 0 Å². The van der Waals surface area contributed by atoms with Crippen molar-refractivity contribution in [3.63, 3.8) is 0 Å². The number of thioether (sulfide) groups is 1. The highest BCUT2D eigenvalue weighted by molar-refractivity contribution is 8.00. The fraction of sp³-hybridized carbons (Fsp3) is 0.500. The number of hydrogen-bond acceptors (Lipinski definition) is 2. The molecule has 0 saturated carbocycles. The van der Waals surface area contributed by atoms with Gasteiger partial charge in [-0.15, -0.1) is 12.4 Å². The predicted molar refractivity (Wildman–Crippen MR) is 72.1 cm³/mol. The number of benzene rings is 1. The highest BCUT2D eigenvalue weighted by atomic mass is 35.5. The number of unbranched alkanes of at least 4 members (excludes halogenated alkanes) is 1. The summed E-state index contributed by atoms with van der Waals surface area (Å²) in [4.78, 5) is 0.212. The van der Waals surface area contributed by atoms with Gasteiger partial charge in [0.2, 0.25) is 0 Å². The Morgan fingerprint density at radius 3 is 2.44 bits per heavy atom. The van der Waals surface area contributed by atoms with Crippen LogP contribution in [-0.2, 0) is 0 Å². The first-order valence-corrected chi connectivity index (χ1v) is 6.36. The molecule has 1 nitrogen and oxygen atoms in total. The summed E-state index contributed by atoms with van der Waals surface area (Å²) in [6, 6.07) is 6.15. The van der Waals surface area contributed by atoms with Gasteiger partial charge in [0.05, 0.1) is 0 Å². The molecule has 0 saturated heterocycles. The van der Waals surface area contributed by atoms with E-state index in [1.165, 1.54) is 6.07 Å². The van der Waals surface area contributed by atoms with Crippen LogP contribution in [0.2, 0.25) is 0 Å². The van der Waals surface area contributed by atoms with Gasteiger partial charge in [0.15, 0.2) is 0 Å². The van der Waals surface area contributed by atoms with Crippen molar-refractivity contribution in [2.75, 3.05) is 0 Å². The van der Waals surface area contributed by atoms with Crippen LogP contribution < -0.4 is 5.73 Å². The second-order valence-electron chi connectivity index (χ2n) is 3.83. The first-order chi connectivity index (χ1) is 7.94. The van der Waals surface area contributed by atoms with E-state index in [-0.39, 0.29) is 35.1 Å². The van der Waals surface area contributed by atoms with Crippen molar-refractivity contribution in [2.45, 2.75) is 42.6 Å². The third-order valence-electron chi connectivity index (χ3n) is 2.41. The summed E-state index contributed by atoms with van der Waals surface area (Å²) in [7, 11) is 0. The lowest BCUT2D eigenvalue weighted by molar-refractivity contribution is -0.0328. The van der Waals surface area contributed by atoms with E-state index in [0.717, 1.165) is 12.8 Å². The Labute approximate surface area is 116 Å². The Morgan fingerprint density at radius 2 is 1.89 bits per heavy atom. The maximum absolute atomic E-state index is 12.4. The van der Waals surface area contributed by atoms with Crippen LogP contribution in [-0.4, -0.2) is 5.51 Å². The molecule has 0 fully saturated rings. The summed E-state index contributed by atoms with van der Waals surface area (Å²) in [5, 5.41) is 0. The zero-order valence-electron chi connectivity index (χ0n) is 10.0. The molecular formula is C12H17ClF3NS. The van der Waals surface area contributed by atoms with Gasteiger partial charge < -0.3 is 5.73 Å². The zero-order chi connectivity index (χ0) is 12.9. The monoisotopic (exact) mass is 299 g/mol. The molecule has 0 radical (unpaired) electrons. The predicted octanol–water partition coefficient (Wildman–Crippen LogP) is 4.91. The van der Waals surface area contributed by atoms with Gasteiger partial charge in [-0.25, -0.2) is 0 Å². The summed E-state index contributed by atoms with van der Waals surface area (Å²) < 4.78 is 37.1. The van der Waals surface area contributed by atoms with Gasteiger partial charge in [-0.05, 0) is 29.8 Å². The molecular weight excluding hydrogens is 283 g/mol. The van der Waals surface area contributed by atoms with E-state index in [1.54, 1.807) is 18.2 Å². The fourth-order valence-electron chi connectivity index (χ4n) is 1.58. The first kappa shape index (κ1) is 17.6. The third kappa shape index (κ3) is 5.98. The molecule has 1 aromatic carbocycles. The smallest absolute Gasteiger partial charge is 0.324 e. The number of halogens is 4. The molecule has 0 bridgehead atoms. The molecule has 0 heterocycles. The van der Waals surface area contributed by atoms with Gasteiger partial charge in [0, 0.05) is 10.9 Å². The molecule has 104 valence electrons. The first-order valence-electron chi connectivity index (χ1n) is 5.54. The van der Waals surface area contributed by atoms with Gasteiger partial charge in [-0.2, -0.15) is 13.2 Å². The Morgan fingerprint density at radius 1 is 1.28 bits per heavy atom. The van der Waals surface area contributed by atoms with E-state index in [0.29, 0.717) is 12.0 Å². The van der Waals surface area contributed by atoms with E-state index in [1.807, 2.05) is 6.92 Å². The van der Waals surface area contributed by atoms with Crippen molar-refractivity contribution in [1.29, 1.82) is 0 Å². The van der Waals surface area contributed by atoms with Crippen LogP contribution in [0.15, 0.2) is 29.2 Å². The van der Waals surface area contributed by atoms with Crippen molar-refractivity contribution in [1.82, 2.24) is 0 Å². The number of alkyl halides is 3. The largest absolute Gasteiger partial charge is 0.446 e. The summed E-state index contributed by atoms with van der Waals surface area (Å²) in [5.74, 6) is 0. The topological polar surface area (TPSA) is 26.0 Å². The average Bonchev–Trinajstić information content (AvgIpc) is 2.24. The summed E-state index contributed by atoms with van der Waals surface area (Å²) in [6.45, 7) is 2.03. The molecule has 1 aromatic rings. The number of hydrogen-bond donors (Lipinski definition) is 1. The van der Waals surface area contributed by atoms with Crippen LogP contribution in [0.4, 0.5) is 13.2 Å². The fourth-order valence-corrected chi connectivity index (χ4v) is 2.32. The maximum atomic E-state index is 12.4. The number of nitrogens with two attached hydrogens (primary N) is 1. The van der Waals surface area contributed by atoms with Crippen molar-refractivity contribution in [2.24, 2.45) is 5.73 Å². The maximum Gasteiger partial charge on any atom is 0.446 e. The van der Waals surface area contributed by atoms with Crippen molar-refractivity contribution < 1.29 is 13.2 Å². The average molecular weight is 300 g/mol. The molecule has 0 aromatic heterocycles. The van der Waals surface area contributed by atoms with Crippen LogP contribution in [0.1, 0.15) is 37.8 Å². The second-order valence-corrected chi connectivity index (χ2v) is 4.94. The van der Waals surface area contributed by atoms with Crippen LogP contribution in [0.5, 0.6) is 0 Å². The summed E-state index contributed by atoms with van der Waals surface area (Å²) in [6.07, 6.45) is 2.63. The van der Waals surface area contributed by atoms with Gasteiger partial charge in [0.25, 0.3) is 0 Å². The van der Waals surface area contributed by atoms with Gasteiger partial charge >= 0.3 is 5.51 Å². The molecule has 1 rings (SSSR count). The molecule has 0 aliphatic heterocycles. The van der Waals surface area contributed by atoms with Gasteiger partial charge in [-0.1, -0.05) is 38.0 Å². The zero-order valence-corrected chi connectivity index (χ0v) is 11.7. The van der Waals surface area contributed by atoms with Gasteiger partial charge in [0.1, 0.15) is 0 Å². The highest BCUT2D eigenvalue weighted by Crippen LogP contribution is 2.40. The Kier molecular flexibility index (Phi) is 7.75. The second kappa shape index (κ2) is 7.92. The molecule has 0 amide bonds. The molecule has 0 spiro atoms. The molecule has 0 aliphatic rings. The molecule has 1 atom stereocenters. The van der Waals surface area contributed by atoms with Crippen molar-refractivity contribution in [3.8, 4) is 0 Å². The molecule has 2 N–H and O–H groups in total. The van der Waals surface area contributed by atoms with E-state index in [2.05, 4.69) is 0 Å². The van der Waals surface area contributed by atoms with Crippen molar-refractivity contribution in [3.05, 3.63) is 29.8 Å². The van der Waals surface area contributed by atoms with Crippen molar-refractivity contribution >= 4 is 24.2 Å². The SMILES string of the molecule is CCCC[C@H](N)c1ccccc1SC(F)(F)F.Cl. The van der Waals surface area contributed by atoms with E-state index in [4.69, 9.17) is 5.73 Å². The molecule has 0 aliphatic carbocycles. The summed E-state index contributed by atoms with van der Waals surface area (Å²) in [5.41, 5.74) is 2.24. The molecule has 18 heavy (non-hydrogen) atoms. The van der Waals surface area contributed by atoms with E-state index < -0.39 is 5.51 Å². The Balaban J connectivity index is 0.00000289. The van der Waals surface area contributed by atoms with Gasteiger partial charge in [-0.3, -0.25) is 0 Å². The minimum atomic E-state index is -4.26. The quantitative estimate of drug-likeness (QED) is 0.782. The van der Waals surface area contributed by atoms with Crippen LogP contribution in [0, 0.1) is 0 Å². The van der Waals surface area contributed by atoms with E-state index >= 15 is 0 Å². The number of rotatable bonds is 5. The van der Waals surface area contributed by atoms with Crippen LogP contribution >= 0.6 is 24.2 Å². The Bertz CT molecular complexity index is 357. The van der Waals surface area contributed by atoms with E-state index in [9.17, 15) is 13.2 Å². The molecule has 0 unspecified atom stereocenters. The third-order valence-corrected chi connectivity index (χ3v) is 3.24. The lowest BCUT2D eigenvalue weighted by atomic mass is 10.0. The Hall–Kier alpha value is -0.390. The normalized spacial score (nSPS) is 12.9.